The largest absolute Gasteiger partial charge is 0.497 e. The Hall–Kier alpha value is -3.36. The van der Waals surface area contributed by atoms with Crippen LogP contribution in [0.5, 0.6) is 5.75 Å². The molecule has 0 unspecified atom stereocenters. The second-order valence-corrected chi connectivity index (χ2v) is 6.64. The number of hydrogen-bond donors (Lipinski definition) is 0. The van der Waals surface area contributed by atoms with Gasteiger partial charge in [0.1, 0.15) is 5.75 Å². The third-order valence-corrected chi connectivity index (χ3v) is 4.75. The van der Waals surface area contributed by atoms with Crippen LogP contribution in [0, 0.1) is 0 Å². The second kappa shape index (κ2) is 7.23. The lowest BCUT2D eigenvalue weighted by atomic mass is 10.1. The van der Waals surface area contributed by atoms with Gasteiger partial charge in [0.2, 0.25) is 17.6 Å². The number of anilines is 1. The number of hydrogen-bond acceptors (Lipinski definition) is 5. The van der Waals surface area contributed by atoms with E-state index in [0.717, 1.165) is 17.8 Å². The summed E-state index contributed by atoms with van der Waals surface area (Å²) in [5, 5.41) is 3.80. The first-order valence-electron chi connectivity index (χ1n) is 8.81. The molecule has 6 nitrogen and oxygen atoms in total. The molecular formula is C20H16F3N3O3. The van der Waals surface area contributed by atoms with E-state index in [1.165, 1.54) is 12.1 Å². The van der Waals surface area contributed by atoms with Crippen LogP contribution in [0.4, 0.5) is 18.9 Å². The van der Waals surface area contributed by atoms with Crippen molar-refractivity contribution in [3.8, 4) is 17.1 Å². The summed E-state index contributed by atoms with van der Waals surface area (Å²) in [6.07, 6.45) is -4.28. The first-order chi connectivity index (χ1) is 13.8. The molecule has 2 heterocycles. The number of rotatable bonds is 4. The number of benzene rings is 2. The van der Waals surface area contributed by atoms with Crippen molar-refractivity contribution < 1.29 is 27.2 Å². The van der Waals surface area contributed by atoms with Crippen molar-refractivity contribution in [2.24, 2.45) is 0 Å². The van der Waals surface area contributed by atoms with Crippen LogP contribution < -0.4 is 9.64 Å². The minimum Gasteiger partial charge on any atom is -0.497 e. The Balaban J connectivity index is 1.53. The van der Waals surface area contributed by atoms with Gasteiger partial charge in [-0.3, -0.25) is 4.79 Å². The molecule has 1 amide bonds. The fraction of sp³-hybridized carbons (Fsp3) is 0.250. The molecular weight excluding hydrogens is 387 g/mol. The zero-order valence-corrected chi connectivity index (χ0v) is 15.3. The average molecular weight is 403 g/mol. The summed E-state index contributed by atoms with van der Waals surface area (Å²) in [6, 6.07) is 11.8. The Morgan fingerprint density at radius 2 is 1.93 bits per heavy atom. The predicted molar refractivity (Wildman–Crippen MR) is 97.4 cm³/mol. The number of amides is 1. The number of carbonyl (C=O) groups excluding carboxylic acids is 1. The maximum absolute atomic E-state index is 12.9. The van der Waals surface area contributed by atoms with E-state index in [9.17, 15) is 18.0 Å². The molecule has 1 aliphatic heterocycles. The Morgan fingerprint density at radius 1 is 1.17 bits per heavy atom. The maximum Gasteiger partial charge on any atom is 0.416 e. The van der Waals surface area contributed by atoms with Gasteiger partial charge in [-0.05, 0) is 36.4 Å². The van der Waals surface area contributed by atoms with Crippen molar-refractivity contribution in [1.82, 2.24) is 10.1 Å². The fourth-order valence-electron chi connectivity index (χ4n) is 3.24. The molecule has 0 aliphatic carbocycles. The van der Waals surface area contributed by atoms with E-state index in [1.807, 2.05) is 0 Å². The molecule has 2 aromatic carbocycles. The van der Waals surface area contributed by atoms with Crippen molar-refractivity contribution in [3.63, 3.8) is 0 Å². The Morgan fingerprint density at radius 3 is 2.62 bits per heavy atom. The zero-order valence-electron chi connectivity index (χ0n) is 15.3. The van der Waals surface area contributed by atoms with Crippen molar-refractivity contribution >= 4 is 11.6 Å². The van der Waals surface area contributed by atoms with Gasteiger partial charge in [0.15, 0.2) is 0 Å². The molecule has 29 heavy (non-hydrogen) atoms. The fourth-order valence-corrected chi connectivity index (χ4v) is 3.24. The highest BCUT2D eigenvalue weighted by Crippen LogP contribution is 2.34. The third-order valence-electron chi connectivity index (χ3n) is 4.75. The normalized spacial score (nSPS) is 17.0. The lowest BCUT2D eigenvalue weighted by Crippen LogP contribution is -2.24. The monoisotopic (exact) mass is 403 g/mol. The summed E-state index contributed by atoms with van der Waals surface area (Å²) in [7, 11) is 1.56. The maximum atomic E-state index is 12.9. The molecule has 1 atom stereocenters. The predicted octanol–water partition coefficient (Wildman–Crippen LogP) is 4.28. The SMILES string of the molecule is COc1ccc(N2C[C@H](c3nc(-c4cccc(C(F)(F)F)c4)no3)CC2=O)cc1. The first-order valence-corrected chi connectivity index (χ1v) is 8.81. The molecule has 4 rings (SSSR count). The van der Waals surface area contributed by atoms with E-state index in [0.29, 0.717) is 12.3 Å². The van der Waals surface area contributed by atoms with Crippen LogP contribution in [0.15, 0.2) is 53.1 Å². The number of carbonyl (C=O) groups is 1. The van der Waals surface area contributed by atoms with Crippen LogP contribution in [0.2, 0.25) is 0 Å². The molecule has 1 aromatic heterocycles. The van der Waals surface area contributed by atoms with E-state index in [-0.39, 0.29) is 35.5 Å². The molecule has 0 spiro atoms. The smallest absolute Gasteiger partial charge is 0.416 e. The van der Waals surface area contributed by atoms with Crippen molar-refractivity contribution in [1.29, 1.82) is 0 Å². The van der Waals surface area contributed by atoms with Crippen molar-refractivity contribution in [2.45, 2.75) is 18.5 Å². The summed E-state index contributed by atoms with van der Waals surface area (Å²) < 4.78 is 49.1. The van der Waals surface area contributed by atoms with Gasteiger partial charge < -0.3 is 14.2 Å². The lowest BCUT2D eigenvalue weighted by molar-refractivity contribution is -0.137. The van der Waals surface area contributed by atoms with Crippen LogP contribution in [0.1, 0.15) is 23.8 Å². The topological polar surface area (TPSA) is 68.5 Å². The van der Waals surface area contributed by atoms with Crippen molar-refractivity contribution in [3.05, 3.63) is 60.0 Å². The van der Waals surface area contributed by atoms with Gasteiger partial charge in [-0.2, -0.15) is 18.2 Å². The molecule has 3 aromatic rings. The van der Waals surface area contributed by atoms with Gasteiger partial charge in [-0.25, -0.2) is 0 Å². The van der Waals surface area contributed by atoms with Gasteiger partial charge in [0.25, 0.3) is 0 Å². The molecule has 0 saturated carbocycles. The Labute approximate surface area is 163 Å². The Bertz CT molecular complexity index is 1030. The van der Waals surface area contributed by atoms with Crippen LogP contribution >= 0.6 is 0 Å². The highest BCUT2D eigenvalue weighted by Gasteiger charge is 2.35. The van der Waals surface area contributed by atoms with Gasteiger partial charge in [-0.15, -0.1) is 0 Å². The average Bonchev–Trinajstić information content (AvgIpc) is 3.34. The summed E-state index contributed by atoms with van der Waals surface area (Å²) in [6.45, 7) is 0.343. The van der Waals surface area contributed by atoms with E-state index in [1.54, 1.807) is 36.3 Å². The van der Waals surface area contributed by atoms with E-state index in [4.69, 9.17) is 9.26 Å². The molecule has 9 heteroatoms. The summed E-state index contributed by atoms with van der Waals surface area (Å²) in [5.74, 6) is 0.526. The minimum absolute atomic E-state index is 0.0569. The Kier molecular flexibility index (Phi) is 4.73. The van der Waals surface area contributed by atoms with Crippen LogP contribution in [0.25, 0.3) is 11.4 Å². The van der Waals surface area contributed by atoms with Gasteiger partial charge in [-0.1, -0.05) is 17.3 Å². The van der Waals surface area contributed by atoms with Gasteiger partial charge in [0.05, 0.1) is 18.6 Å². The molecule has 1 aliphatic rings. The molecule has 0 bridgehead atoms. The number of methoxy groups -OCH3 is 1. The lowest BCUT2D eigenvalue weighted by Gasteiger charge is -2.16. The minimum atomic E-state index is -4.46. The van der Waals surface area contributed by atoms with Gasteiger partial charge in [0, 0.05) is 24.2 Å². The number of alkyl halides is 3. The molecule has 0 radical (unpaired) electrons. The van der Waals surface area contributed by atoms with E-state index < -0.39 is 11.7 Å². The first kappa shape index (κ1) is 19.0. The van der Waals surface area contributed by atoms with Crippen LogP contribution in [0.3, 0.4) is 0 Å². The van der Waals surface area contributed by atoms with Crippen LogP contribution in [-0.2, 0) is 11.0 Å². The zero-order chi connectivity index (χ0) is 20.6. The highest BCUT2D eigenvalue weighted by molar-refractivity contribution is 5.96. The highest BCUT2D eigenvalue weighted by atomic mass is 19.4. The third kappa shape index (κ3) is 3.80. The standard InChI is InChI=1S/C20H16F3N3O3/c1-28-16-7-5-15(6-8-16)26-11-13(10-17(26)27)19-24-18(25-29-19)12-3-2-4-14(9-12)20(21,22)23/h2-9,13H,10-11H2,1H3/t13-/m1/s1. The molecule has 0 N–H and O–H groups in total. The van der Waals surface area contributed by atoms with Crippen LogP contribution in [-0.4, -0.2) is 29.7 Å². The summed E-state index contributed by atoms with van der Waals surface area (Å²) in [5.41, 5.74) is 0.130. The number of aromatic nitrogens is 2. The molecule has 1 saturated heterocycles. The quantitative estimate of drug-likeness (QED) is 0.650. The number of nitrogens with zero attached hydrogens (tertiary/aromatic N) is 3. The van der Waals surface area contributed by atoms with Gasteiger partial charge >= 0.3 is 6.18 Å². The summed E-state index contributed by atoms with van der Waals surface area (Å²) >= 11 is 0. The molecule has 1 fully saturated rings. The van der Waals surface area contributed by atoms with E-state index >= 15 is 0 Å². The number of halogens is 3. The summed E-state index contributed by atoms with van der Waals surface area (Å²) in [4.78, 5) is 18.3. The van der Waals surface area contributed by atoms with Crippen molar-refractivity contribution in [2.75, 3.05) is 18.6 Å². The molecule has 150 valence electrons. The number of ether oxygens (including phenoxy) is 1. The van der Waals surface area contributed by atoms with E-state index in [2.05, 4.69) is 10.1 Å². The second-order valence-electron chi connectivity index (χ2n) is 6.64.